The molecule has 0 unspecified atom stereocenters. The van der Waals surface area contributed by atoms with Crippen molar-refractivity contribution in [2.24, 2.45) is 0 Å². The summed E-state index contributed by atoms with van der Waals surface area (Å²) in [5.41, 5.74) is 3.10. The van der Waals surface area contributed by atoms with Crippen LogP contribution in [0.5, 0.6) is 0 Å². The Bertz CT molecular complexity index is 794. The molecule has 3 rings (SSSR count). The molecule has 4 nitrogen and oxygen atoms in total. The van der Waals surface area contributed by atoms with Crippen molar-refractivity contribution in [3.63, 3.8) is 0 Å². The van der Waals surface area contributed by atoms with Gasteiger partial charge in [-0.25, -0.2) is 9.97 Å². The van der Waals surface area contributed by atoms with E-state index >= 15 is 0 Å². The third-order valence-corrected chi connectivity index (χ3v) is 5.79. The van der Waals surface area contributed by atoms with Crippen LogP contribution in [0.1, 0.15) is 11.3 Å². The van der Waals surface area contributed by atoms with Crippen molar-refractivity contribution < 1.29 is 4.79 Å². The van der Waals surface area contributed by atoms with Crippen LogP contribution in [0.15, 0.2) is 27.9 Å². The number of amides is 1. The van der Waals surface area contributed by atoms with Crippen LogP contribution < -0.4 is 5.32 Å². The van der Waals surface area contributed by atoms with Crippen LogP contribution in [0.3, 0.4) is 0 Å². The minimum Gasteiger partial charge on any atom is -0.301 e. The summed E-state index contributed by atoms with van der Waals surface area (Å²) < 4.78 is 2.01. The van der Waals surface area contributed by atoms with E-state index in [0.717, 1.165) is 20.3 Å². The summed E-state index contributed by atoms with van der Waals surface area (Å²) in [6.45, 7) is 3.99. The first-order valence-electron chi connectivity index (χ1n) is 6.32. The number of nitrogens with zero attached hydrogens (tertiary/aromatic N) is 2. The van der Waals surface area contributed by atoms with Crippen LogP contribution in [0.4, 0.5) is 5.13 Å². The van der Waals surface area contributed by atoms with E-state index in [-0.39, 0.29) is 5.91 Å². The topological polar surface area (TPSA) is 54.9 Å². The predicted molar refractivity (Wildman–Crippen MR) is 90.6 cm³/mol. The number of rotatable bonds is 4. The van der Waals surface area contributed by atoms with Crippen LogP contribution in [0.25, 0.3) is 10.2 Å². The number of benzene rings is 1. The highest BCUT2D eigenvalue weighted by molar-refractivity contribution is 8.01. The molecule has 0 radical (unpaired) electrons. The third kappa shape index (κ3) is 3.61. The fourth-order valence-corrected chi connectivity index (χ4v) is 4.40. The van der Waals surface area contributed by atoms with Gasteiger partial charge in [-0.2, -0.15) is 0 Å². The SMILES string of the molecule is Cc1ccc2nc(NC(=O)CSc3nc(C)cs3)sc2c1. The minimum atomic E-state index is -0.0522. The molecule has 0 bridgehead atoms. The fraction of sp³-hybridized carbons (Fsp3) is 0.214. The molecule has 21 heavy (non-hydrogen) atoms. The molecule has 1 aromatic carbocycles. The molecule has 0 aliphatic heterocycles. The normalized spacial score (nSPS) is 11.0. The first-order chi connectivity index (χ1) is 10.1. The Morgan fingerprint density at radius 1 is 1.33 bits per heavy atom. The van der Waals surface area contributed by atoms with Crippen LogP contribution >= 0.6 is 34.4 Å². The number of thioether (sulfide) groups is 1. The Kier molecular flexibility index (Phi) is 4.23. The highest BCUT2D eigenvalue weighted by Crippen LogP contribution is 2.27. The Labute approximate surface area is 134 Å². The first-order valence-corrected chi connectivity index (χ1v) is 9.00. The van der Waals surface area contributed by atoms with Gasteiger partial charge < -0.3 is 5.32 Å². The van der Waals surface area contributed by atoms with E-state index in [1.165, 1.54) is 28.7 Å². The van der Waals surface area contributed by atoms with E-state index in [1.54, 1.807) is 11.3 Å². The van der Waals surface area contributed by atoms with Gasteiger partial charge in [0.05, 0.1) is 16.0 Å². The average molecular weight is 335 g/mol. The quantitative estimate of drug-likeness (QED) is 0.729. The van der Waals surface area contributed by atoms with Gasteiger partial charge >= 0.3 is 0 Å². The van der Waals surface area contributed by atoms with Gasteiger partial charge in [0.2, 0.25) is 5.91 Å². The summed E-state index contributed by atoms with van der Waals surface area (Å²) in [6.07, 6.45) is 0. The van der Waals surface area contributed by atoms with Gasteiger partial charge in [-0.05, 0) is 31.5 Å². The molecule has 0 saturated carbocycles. The molecule has 108 valence electrons. The maximum absolute atomic E-state index is 11.9. The smallest absolute Gasteiger partial charge is 0.236 e. The first kappa shape index (κ1) is 14.5. The van der Waals surface area contributed by atoms with Crippen LogP contribution in [-0.4, -0.2) is 21.6 Å². The molecule has 0 spiro atoms. The van der Waals surface area contributed by atoms with Crippen LogP contribution in [-0.2, 0) is 4.79 Å². The van der Waals surface area contributed by atoms with Crippen molar-refractivity contribution in [1.29, 1.82) is 0 Å². The largest absolute Gasteiger partial charge is 0.301 e. The minimum absolute atomic E-state index is 0.0522. The lowest BCUT2D eigenvalue weighted by Crippen LogP contribution is -2.13. The molecule has 2 aromatic heterocycles. The summed E-state index contributed by atoms with van der Waals surface area (Å²) in [4.78, 5) is 20.7. The van der Waals surface area contributed by atoms with Gasteiger partial charge in [0.1, 0.15) is 0 Å². The van der Waals surface area contributed by atoms with E-state index in [9.17, 15) is 4.79 Å². The molecule has 2 heterocycles. The Morgan fingerprint density at radius 3 is 2.95 bits per heavy atom. The maximum atomic E-state index is 11.9. The average Bonchev–Trinajstić information content (AvgIpc) is 3.01. The standard InChI is InChI=1S/C14H13N3OS3/c1-8-3-4-10-11(5-8)21-13(16-10)17-12(18)7-20-14-15-9(2)6-19-14/h3-6H,7H2,1-2H3,(H,16,17,18). The van der Waals surface area contributed by atoms with Crippen molar-refractivity contribution in [3.05, 3.63) is 34.8 Å². The van der Waals surface area contributed by atoms with Crippen molar-refractivity contribution in [1.82, 2.24) is 9.97 Å². The summed E-state index contributed by atoms with van der Waals surface area (Å²) in [6, 6.07) is 6.08. The second-order valence-electron chi connectivity index (χ2n) is 4.58. The highest BCUT2D eigenvalue weighted by Gasteiger charge is 2.09. The van der Waals surface area contributed by atoms with Gasteiger partial charge in [0.25, 0.3) is 0 Å². The zero-order valence-corrected chi connectivity index (χ0v) is 14.0. The van der Waals surface area contributed by atoms with Crippen molar-refractivity contribution in [2.45, 2.75) is 18.2 Å². The third-order valence-electron chi connectivity index (χ3n) is 2.71. The summed E-state index contributed by atoms with van der Waals surface area (Å²) in [5, 5.41) is 5.48. The van der Waals surface area contributed by atoms with Crippen molar-refractivity contribution in [3.8, 4) is 0 Å². The monoisotopic (exact) mass is 335 g/mol. The highest BCUT2D eigenvalue weighted by atomic mass is 32.2. The molecular formula is C14H13N3OS3. The number of carbonyl (C=O) groups excluding carboxylic acids is 1. The number of anilines is 1. The molecule has 0 atom stereocenters. The summed E-state index contributed by atoms with van der Waals surface area (Å²) >= 11 is 4.51. The van der Waals surface area contributed by atoms with Crippen LogP contribution in [0, 0.1) is 13.8 Å². The molecule has 7 heteroatoms. The number of carbonyl (C=O) groups is 1. The predicted octanol–water partition coefficient (Wildman–Crippen LogP) is 4.10. The molecule has 0 aliphatic rings. The van der Waals surface area contributed by atoms with E-state index in [1.807, 2.05) is 31.4 Å². The molecule has 0 fully saturated rings. The lowest BCUT2D eigenvalue weighted by Gasteiger charge is -1.99. The molecule has 3 aromatic rings. The number of thiazole rings is 2. The van der Waals surface area contributed by atoms with E-state index in [2.05, 4.69) is 21.4 Å². The van der Waals surface area contributed by atoms with Crippen molar-refractivity contribution in [2.75, 3.05) is 11.1 Å². The van der Waals surface area contributed by atoms with Gasteiger partial charge in [0.15, 0.2) is 9.47 Å². The summed E-state index contributed by atoms with van der Waals surface area (Å²) in [5.74, 6) is 0.297. The Hall–Kier alpha value is -1.44. The van der Waals surface area contributed by atoms with Gasteiger partial charge in [-0.1, -0.05) is 29.2 Å². The lowest BCUT2D eigenvalue weighted by molar-refractivity contribution is -0.113. The molecule has 0 saturated heterocycles. The van der Waals surface area contributed by atoms with E-state index in [0.29, 0.717) is 10.9 Å². The molecular weight excluding hydrogens is 322 g/mol. The molecule has 1 amide bonds. The number of nitrogens with one attached hydrogen (secondary N) is 1. The number of hydrogen-bond acceptors (Lipinski definition) is 6. The van der Waals surface area contributed by atoms with E-state index in [4.69, 9.17) is 0 Å². The maximum Gasteiger partial charge on any atom is 0.236 e. The lowest BCUT2D eigenvalue weighted by atomic mass is 10.2. The van der Waals surface area contributed by atoms with Gasteiger partial charge in [-0.3, -0.25) is 4.79 Å². The van der Waals surface area contributed by atoms with Gasteiger partial charge in [-0.15, -0.1) is 11.3 Å². The second kappa shape index (κ2) is 6.13. The molecule has 1 N–H and O–H groups in total. The van der Waals surface area contributed by atoms with Gasteiger partial charge in [0, 0.05) is 11.1 Å². The number of aromatic nitrogens is 2. The number of hydrogen-bond donors (Lipinski definition) is 1. The molecule has 0 aliphatic carbocycles. The second-order valence-corrected chi connectivity index (χ2v) is 7.69. The zero-order valence-electron chi connectivity index (χ0n) is 11.5. The fourth-order valence-electron chi connectivity index (χ4n) is 1.77. The number of fused-ring (bicyclic) bond motifs is 1. The zero-order chi connectivity index (χ0) is 14.8. The summed E-state index contributed by atoms with van der Waals surface area (Å²) in [7, 11) is 0. The van der Waals surface area contributed by atoms with E-state index < -0.39 is 0 Å². The van der Waals surface area contributed by atoms with Crippen molar-refractivity contribution >= 4 is 55.7 Å². The van der Waals surface area contributed by atoms with Crippen LogP contribution in [0.2, 0.25) is 0 Å². The number of aryl methyl sites for hydroxylation is 2. The Balaban J connectivity index is 1.63. The Morgan fingerprint density at radius 2 is 2.19 bits per heavy atom.